The summed E-state index contributed by atoms with van der Waals surface area (Å²) in [4.78, 5) is 18.1. The highest BCUT2D eigenvalue weighted by molar-refractivity contribution is 6.06. The highest BCUT2D eigenvalue weighted by Crippen LogP contribution is 2.35. The van der Waals surface area contributed by atoms with Crippen molar-refractivity contribution in [1.82, 2.24) is 9.88 Å². The SMILES string of the molecule is COc1cccc([C@H]2C[C@H](O)CN2C(=O)c2cccc3cc[nH]c23)c1. The van der Waals surface area contributed by atoms with Crippen molar-refractivity contribution in [3.8, 4) is 5.75 Å². The zero-order valence-corrected chi connectivity index (χ0v) is 14.0. The van der Waals surface area contributed by atoms with Crippen molar-refractivity contribution in [2.45, 2.75) is 18.6 Å². The number of methoxy groups -OCH3 is 1. The molecule has 0 unspecified atom stereocenters. The molecule has 2 N–H and O–H groups in total. The van der Waals surface area contributed by atoms with Crippen LogP contribution >= 0.6 is 0 Å². The Morgan fingerprint density at radius 1 is 1.24 bits per heavy atom. The van der Waals surface area contributed by atoms with Gasteiger partial charge in [-0.2, -0.15) is 0 Å². The largest absolute Gasteiger partial charge is 0.497 e. The molecule has 128 valence electrons. The first-order valence-electron chi connectivity index (χ1n) is 8.36. The first-order chi connectivity index (χ1) is 12.2. The van der Waals surface area contributed by atoms with Crippen LogP contribution in [0.15, 0.2) is 54.7 Å². The lowest BCUT2D eigenvalue weighted by Crippen LogP contribution is -2.32. The molecule has 0 aliphatic carbocycles. The van der Waals surface area contributed by atoms with E-state index in [4.69, 9.17) is 4.74 Å². The van der Waals surface area contributed by atoms with E-state index in [2.05, 4.69) is 4.98 Å². The molecule has 1 aliphatic rings. The van der Waals surface area contributed by atoms with Crippen molar-refractivity contribution in [2.75, 3.05) is 13.7 Å². The summed E-state index contributed by atoms with van der Waals surface area (Å²) in [6.45, 7) is 0.331. The third-order valence-corrected chi connectivity index (χ3v) is 4.84. The Morgan fingerprint density at radius 2 is 2.08 bits per heavy atom. The molecule has 4 rings (SSSR count). The molecule has 2 aromatic carbocycles. The van der Waals surface area contributed by atoms with E-state index in [1.54, 1.807) is 12.0 Å². The molecular formula is C20H20N2O3. The van der Waals surface area contributed by atoms with Gasteiger partial charge in [0.05, 0.1) is 30.3 Å². The van der Waals surface area contributed by atoms with E-state index in [0.29, 0.717) is 18.5 Å². The summed E-state index contributed by atoms with van der Waals surface area (Å²) < 4.78 is 5.30. The highest BCUT2D eigenvalue weighted by atomic mass is 16.5. The Hall–Kier alpha value is -2.79. The van der Waals surface area contributed by atoms with E-state index >= 15 is 0 Å². The minimum atomic E-state index is -0.525. The molecule has 5 heteroatoms. The van der Waals surface area contributed by atoms with Gasteiger partial charge in [-0.25, -0.2) is 0 Å². The molecule has 3 aromatic rings. The number of carbonyl (C=O) groups excluding carboxylic acids is 1. The van der Waals surface area contributed by atoms with E-state index in [1.807, 2.05) is 54.7 Å². The van der Waals surface area contributed by atoms with Crippen LogP contribution in [0.3, 0.4) is 0 Å². The van der Waals surface area contributed by atoms with Crippen LogP contribution in [0.4, 0.5) is 0 Å². The quantitative estimate of drug-likeness (QED) is 0.772. The Labute approximate surface area is 145 Å². The van der Waals surface area contributed by atoms with Gasteiger partial charge in [0.2, 0.25) is 0 Å². The number of nitrogens with one attached hydrogen (secondary N) is 1. The molecule has 0 saturated carbocycles. The topological polar surface area (TPSA) is 65.6 Å². The summed E-state index contributed by atoms with van der Waals surface area (Å²) in [6, 6.07) is 15.2. The van der Waals surface area contributed by atoms with E-state index in [1.165, 1.54) is 0 Å². The van der Waals surface area contributed by atoms with Crippen molar-refractivity contribution in [2.24, 2.45) is 0 Å². The Balaban J connectivity index is 1.72. The van der Waals surface area contributed by atoms with Crippen LogP contribution in [0.1, 0.15) is 28.4 Å². The lowest BCUT2D eigenvalue weighted by molar-refractivity contribution is 0.0717. The molecule has 0 radical (unpaired) electrons. The van der Waals surface area contributed by atoms with Crippen LogP contribution in [-0.2, 0) is 0 Å². The lowest BCUT2D eigenvalue weighted by atomic mass is 10.0. The van der Waals surface area contributed by atoms with Crippen LogP contribution in [0.25, 0.3) is 10.9 Å². The lowest BCUT2D eigenvalue weighted by Gasteiger charge is -2.25. The summed E-state index contributed by atoms with van der Waals surface area (Å²) in [7, 11) is 1.62. The summed E-state index contributed by atoms with van der Waals surface area (Å²) >= 11 is 0. The van der Waals surface area contributed by atoms with Gasteiger partial charge in [-0.1, -0.05) is 24.3 Å². The van der Waals surface area contributed by atoms with Crippen molar-refractivity contribution in [3.05, 3.63) is 65.9 Å². The molecule has 1 aromatic heterocycles. The molecule has 2 atom stereocenters. The predicted molar refractivity (Wildman–Crippen MR) is 95.7 cm³/mol. The fraction of sp³-hybridized carbons (Fsp3) is 0.250. The molecule has 25 heavy (non-hydrogen) atoms. The summed E-state index contributed by atoms with van der Waals surface area (Å²) in [5, 5.41) is 11.2. The van der Waals surface area contributed by atoms with Crippen LogP contribution in [0.5, 0.6) is 5.75 Å². The van der Waals surface area contributed by atoms with Crippen molar-refractivity contribution in [1.29, 1.82) is 0 Å². The van der Waals surface area contributed by atoms with Gasteiger partial charge >= 0.3 is 0 Å². The molecule has 2 heterocycles. The number of benzene rings is 2. The molecule has 0 bridgehead atoms. The van der Waals surface area contributed by atoms with Gasteiger partial charge in [0.15, 0.2) is 0 Å². The first kappa shape index (κ1) is 15.7. The Kier molecular flexibility index (Phi) is 3.93. The summed E-state index contributed by atoms with van der Waals surface area (Å²) in [6.07, 6.45) is 1.84. The number of aromatic nitrogens is 1. The average Bonchev–Trinajstić information content (AvgIpc) is 3.27. The second-order valence-electron chi connectivity index (χ2n) is 6.39. The van der Waals surface area contributed by atoms with Gasteiger partial charge in [-0.3, -0.25) is 4.79 Å². The number of para-hydroxylation sites is 1. The third kappa shape index (κ3) is 2.76. The maximum atomic E-state index is 13.2. The van der Waals surface area contributed by atoms with Crippen LogP contribution in [0.2, 0.25) is 0 Å². The van der Waals surface area contributed by atoms with E-state index in [9.17, 15) is 9.90 Å². The number of H-pyrrole nitrogens is 1. The number of ether oxygens (including phenoxy) is 1. The number of likely N-dealkylation sites (tertiary alicyclic amines) is 1. The fourth-order valence-corrected chi connectivity index (χ4v) is 3.62. The maximum Gasteiger partial charge on any atom is 0.256 e. The van der Waals surface area contributed by atoms with Crippen molar-refractivity contribution >= 4 is 16.8 Å². The normalized spacial score (nSPS) is 20.2. The van der Waals surface area contributed by atoms with Gasteiger partial charge in [-0.05, 0) is 36.2 Å². The third-order valence-electron chi connectivity index (χ3n) is 4.84. The number of hydrogen-bond donors (Lipinski definition) is 2. The van der Waals surface area contributed by atoms with Crippen molar-refractivity contribution < 1.29 is 14.6 Å². The number of fused-ring (bicyclic) bond motifs is 1. The molecule has 5 nitrogen and oxygen atoms in total. The van der Waals surface area contributed by atoms with Gasteiger partial charge in [0.25, 0.3) is 5.91 Å². The van der Waals surface area contributed by atoms with Crippen LogP contribution in [-0.4, -0.2) is 40.7 Å². The number of aliphatic hydroxyl groups excluding tert-OH is 1. The van der Waals surface area contributed by atoms with Gasteiger partial charge < -0.3 is 19.7 Å². The van der Waals surface area contributed by atoms with Gasteiger partial charge in [0, 0.05) is 18.1 Å². The number of hydrogen-bond acceptors (Lipinski definition) is 3. The van der Waals surface area contributed by atoms with Crippen LogP contribution < -0.4 is 4.74 Å². The number of rotatable bonds is 3. The molecule has 0 spiro atoms. The maximum absolute atomic E-state index is 13.2. The predicted octanol–water partition coefficient (Wildman–Crippen LogP) is 3.12. The summed E-state index contributed by atoms with van der Waals surface area (Å²) in [5.74, 6) is 0.676. The van der Waals surface area contributed by atoms with Gasteiger partial charge in [0.1, 0.15) is 5.75 Å². The number of aromatic amines is 1. The number of aliphatic hydroxyl groups is 1. The fourth-order valence-electron chi connectivity index (χ4n) is 3.62. The zero-order valence-electron chi connectivity index (χ0n) is 14.0. The average molecular weight is 336 g/mol. The van der Waals surface area contributed by atoms with E-state index in [0.717, 1.165) is 22.2 Å². The molecule has 1 aliphatic heterocycles. The molecule has 1 fully saturated rings. The minimum Gasteiger partial charge on any atom is -0.497 e. The first-order valence-corrected chi connectivity index (χ1v) is 8.36. The van der Waals surface area contributed by atoms with Gasteiger partial charge in [-0.15, -0.1) is 0 Å². The van der Waals surface area contributed by atoms with Crippen molar-refractivity contribution in [3.63, 3.8) is 0 Å². The second-order valence-corrected chi connectivity index (χ2v) is 6.39. The number of carbonyl (C=O) groups is 1. The number of β-amino-alcohol motifs (C(OH)–C–C–N with tert-alkyl or cyclic N) is 1. The number of nitrogens with zero attached hydrogens (tertiary/aromatic N) is 1. The minimum absolute atomic E-state index is 0.0718. The highest BCUT2D eigenvalue weighted by Gasteiger charge is 2.36. The zero-order chi connectivity index (χ0) is 17.4. The Bertz CT molecular complexity index is 918. The molecule has 1 saturated heterocycles. The second kappa shape index (κ2) is 6.26. The van der Waals surface area contributed by atoms with E-state index < -0.39 is 6.10 Å². The number of amides is 1. The summed E-state index contributed by atoms with van der Waals surface area (Å²) in [5.41, 5.74) is 2.44. The van der Waals surface area contributed by atoms with Crippen LogP contribution in [0, 0.1) is 0 Å². The smallest absolute Gasteiger partial charge is 0.256 e. The monoisotopic (exact) mass is 336 g/mol. The standard InChI is InChI=1S/C20H20N2O3/c1-25-16-6-2-5-14(10-16)18-11-15(23)12-22(18)20(24)17-7-3-4-13-8-9-21-19(13)17/h2-10,15,18,21,23H,11-12H2,1H3/t15-,18+/m0/s1. The Morgan fingerprint density at radius 3 is 2.92 bits per heavy atom. The van der Waals surface area contributed by atoms with E-state index in [-0.39, 0.29) is 11.9 Å². The molecular weight excluding hydrogens is 316 g/mol. The molecule has 1 amide bonds.